The van der Waals surface area contributed by atoms with Crippen LogP contribution in [0.1, 0.15) is 21.6 Å². The van der Waals surface area contributed by atoms with Crippen LogP contribution in [-0.2, 0) is 11.3 Å². The summed E-state index contributed by atoms with van der Waals surface area (Å²) >= 11 is 6.07. The van der Waals surface area contributed by atoms with Crippen molar-refractivity contribution < 1.29 is 19.0 Å². The number of hydrogen-bond donors (Lipinski definition) is 0. The van der Waals surface area contributed by atoms with Gasteiger partial charge in [-0.3, -0.25) is 9.20 Å². The molecule has 8 heteroatoms. The van der Waals surface area contributed by atoms with E-state index in [9.17, 15) is 9.59 Å². The van der Waals surface area contributed by atoms with E-state index >= 15 is 0 Å². The molecule has 1 aliphatic heterocycles. The molecule has 0 saturated carbocycles. The van der Waals surface area contributed by atoms with Crippen LogP contribution >= 0.6 is 11.6 Å². The SMILES string of the molecule is Cc1cccn2c(=O)cc(COC(=O)c3cc(Cl)c4c(c3)OCO4)nc12. The van der Waals surface area contributed by atoms with Gasteiger partial charge in [0.05, 0.1) is 16.3 Å². The number of carbonyl (C=O) groups excluding carboxylic acids is 1. The second-order valence-electron chi connectivity index (χ2n) is 5.74. The average Bonchev–Trinajstić information content (AvgIpc) is 3.10. The van der Waals surface area contributed by atoms with Gasteiger partial charge >= 0.3 is 5.97 Å². The number of fused-ring (bicyclic) bond motifs is 2. The highest BCUT2D eigenvalue weighted by molar-refractivity contribution is 6.32. The molecule has 0 bridgehead atoms. The van der Waals surface area contributed by atoms with Crippen LogP contribution in [0.4, 0.5) is 0 Å². The number of halogens is 1. The quantitative estimate of drug-likeness (QED) is 0.658. The standard InChI is InChI=1S/C18H13ClN2O5/c1-10-3-2-4-21-15(22)7-12(20-17(10)21)8-24-18(23)11-5-13(19)16-14(6-11)25-9-26-16/h2-7H,8-9H2,1H3. The molecular weight excluding hydrogens is 360 g/mol. The zero-order valence-corrected chi connectivity index (χ0v) is 14.4. The van der Waals surface area contributed by atoms with Gasteiger partial charge in [0.2, 0.25) is 6.79 Å². The Morgan fingerprint density at radius 1 is 1.35 bits per heavy atom. The Morgan fingerprint density at radius 2 is 2.19 bits per heavy atom. The van der Waals surface area contributed by atoms with Crippen LogP contribution in [0.5, 0.6) is 11.5 Å². The molecule has 0 spiro atoms. The highest BCUT2D eigenvalue weighted by Gasteiger charge is 2.21. The second-order valence-corrected chi connectivity index (χ2v) is 6.15. The Kier molecular flexibility index (Phi) is 4.00. The molecule has 1 aliphatic rings. The average molecular weight is 373 g/mol. The first kappa shape index (κ1) is 16.4. The zero-order chi connectivity index (χ0) is 18.3. The van der Waals surface area contributed by atoms with Gasteiger partial charge in [-0.2, -0.15) is 0 Å². The van der Waals surface area contributed by atoms with Crippen LogP contribution in [0.2, 0.25) is 5.02 Å². The van der Waals surface area contributed by atoms with Gasteiger partial charge < -0.3 is 14.2 Å². The smallest absolute Gasteiger partial charge is 0.338 e. The highest BCUT2D eigenvalue weighted by atomic mass is 35.5. The lowest BCUT2D eigenvalue weighted by atomic mass is 10.2. The van der Waals surface area contributed by atoms with E-state index in [0.717, 1.165) is 5.56 Å². The molecule has 4 rings (SSSR count). The van der Waals surface area contributed by atoms with Crippen molar-refractivity contribution in [3.8, 4) is 11.5 Å². The van der Waals surface area contributed by atoms with Crippen LogP contribution < -0.4 is 15.0 Å². The molecule has 1 aromatic carbocycles. The summed E-state index contributed by atoms with van der Waals surface area (Å²) in [6.45, 7) is 1.77. The number of ether oxygens (including phenoxy) is 3. The van der Waals surface area contributed by atoms with Crippen molar-refractivity contribution in [2.24, 2.45) is 0 Å². The van der Waals surface area contributed by atoms with Crippen LogP contribution in [0, 0.1) is 6.92 Å². The minimum atomic E-state index is -0.600. The number of esters is 1. The molecule has 0 atom stereocenters. The molecule has 7 nitrogen and oxygen atoms in total. The van der Waals surface area contributed by atoms with E-state index in [1.807, 2.05) is 13.0 Å². The van der Waals surface area contributed by atoms with Crippen molar-refractivity contribution in [2.45, 2.75) is 13.5 Å². The maximum atomic E-state index is 12.3. The molecular formula is C18H13ClN2O5. The van der Waals surface area contributed by atoms with E-state index in [4.69, 9.17) is 25.8 Å². The Morgan fingerprint density at radius 3 is 3.04 bits per heavy atom. The summed E-state index contributed by atoms with van der Waals surface area (Å²) in [4.78, 5) is 28.9. The molecule has 3 heterocycles. The summed E-state index contributed by atoms with van der Waals surface area (Å²) < 4.78 is 17.2. The van der Waals surface area contributed by atoms with Gasteiger partial charge in [0, 0.05) is 12.3 Å². The largest absolute Gasteiger partial charge is 0.456 e. The Balaban J connectivity index is 1.57. The predicted octanol–water partition coefficient (Wildman–Crippen LogP) is 2.74. The van der Waals surface area contributed by atoms with Crippen molar-refractivity contribution in [3.05, 3.63) is 68.7 Å². The van der Waals surface area contributed by atoms with Crippen LogP contribution in [-0.4, -0.2) is 22.1 Å². The highest BCUT2D eigenvalue weighted by Crippen LogP contribution is 2.39. The Labute approximate surface area is 152 Å². The van der Waals surface area contributed by atoms with Crippen molar-refractivity contribution in [2.75, 3.05) is 6.79 Å². The van der Waals surface area contributed by atoms with E-state index in [-0.39, 0.29) is 29.5 Å². The fourth-order valence-electron chi connectivity index (χ4n) is 2.69. The van der Waals surface area contributed by atoms with Gasteiger partial charge in [-0.25, -0.2) is 9.78 Å². The number of rotatable bonds is 3. The number of carbonyl (C=O) groups is 1. The van der Waals surface area contributed by atoms with Crippen molar-refractivity contribution >= 4 is 23.2 Å². The van der Waals surface area contributed by atoms with E-state index in [1.165, 1.54) is 22.6 Å². The van der Waals surface area contributed by atoms with E-state index < -0.39 is 5.97 Å². The predicted molar refractivity (Wildman–Crippen MR) is 92.9 cm³/mol. The molecule has 2 aromatic heterocycles. The van der Waals surface area contributed by atoms with Crippen molar-refractivity contribution in [3.63, 3.8) is 0 Å². The zero-order valence-electron chi connectivity index (χ0n) is 13.7. The molecule has 0 radical (unpaired) electrons. The molecule has 0 aliphatic carbocycles. The first-order valence-corrected chi connectivity index (χ1v) is 8.15. The molecule has 3 aromatic rings. The summed E-state index contributed by atoms with van der Waals surface area (Å²) in [5, 5.41) is 0.268. The molecule has 0 unspecified atom stereocenters. The number of nitrogens with zero attached hydrogens (tertiary/aromatic N) is 2. The summed E-state index contributed by atoms with van der Waals surface area (Å²) in [6, 6.07) is 7.92. The molecule has 132 valence electrons. The minimum Gasteiger partial charge on any atom is -0.456 e. The molecule has 0 fully saturated rings. The molecule has 26 heavy (non-hydrogen) atoms. The van der Waals surface area contributed by atoms with Gasteiger partial charge in [0.25, 0.3) is 5.56 Å². The molecule has 0 N–H and O–H groups in total. The van der Waals surface area contributed by atoms with E-state index in [0.29, 0.717) is 22.8 Å². The molecule has 0 saturated heterocycles. The summed E-state index contributed by atoms with van der Waals surface area (Å²) in [6.07, 6.45) is 1.64. The summed E-state index contributed by atoms with van der Waals surface area (Å²) in [7, 11) is 0. The van der Waals surface area contributed by atoms with Gasteiger partial charge in [0.1, 0.15) is 12.3 Å². The van der Waals surface area contributed by atoms with Crippen molar-refractivity contribution in [1.29, 1.82) is 0 Å². The minimum absolute atomic E-state index is 0.0534. The lowest BCUT2D eigenvalue weighted by Crippen LogP contribution is -2.17. The topological polar surface area (TPSA) is 79.1 Å². The van der Waals surface area contributed by atoms with Gasteiger partial charge in [-0.15, -0.1) is 0 Å². The fraction of sp³-hybridized carbons (Fsp3) is 0.167. The monoisotopic (exact) mass is 372 g/mol. The van der Waals surface area contributed by atoms with Crippen molar-refractivity contribution in [1.82, 2.24) is 9.38 Å². The van der Waals surface area contributed by atoms with E-state index in [2.05, 4.69) is 4.98 Å². The molecule has 0 amide bonds. The fourth-order valence-corrected chi connectivity index (χ4v) is 2.96. The number of aryl methyl sites for hydroxylation is 1. The first-order valence-electron chi connectivity index (χ1n) is 7.77. The third-order valence-electron chi connectivity index (χ3n) is 3.95. The lowest BCUT2D eigenvalue weighted by Gasteiger charge is -2.08. The van der Waals surface area contributed by atoms with Gasteiger partial charge in [-0.1, -0.05) is 17.7 Å². The number of pyridine rings is 1. The number of hydrogen-bond acceptors (Lipinski definition) is 6. The van der Waals surface area contributed by atoms with Gasteiger partial charge in [0.15, 0.2) is 11.5 Å². The lowest BCUT2D eigenvalue weighted by molar-refractivity contribution is 0.0467. The number of aromatic nitrogens is 2. The summed E-state index contributed by atoms with van der Waals surface area (Å²) in [5.74, 6) is 0.196. The number of benzene rings is 1. The van der Waals surface area contributed by atoms with Gasteiger partial charge in [-0.05, 0) is 30.7 Å². The maximum Gasteiger partial charge on any atom is 0.338 e. The third kappa shape index (κ3) is 2.86. The maximum absolute atomic E-state index is 12.3. The van der Waals surface area contributed by atoms with Crippen LogP contribution in [0.25, 0.3) is 5.65 Å². The third-order valence-corrected chi connectivity index (χ3v) is 4.23. The van der Waals surface area contributed by atoms with Crippen LogP contribution in [0.15, 0.2) is 41.3 Å². The van der Waals surface area contributed by atoms with Crippen LogP contribution in [0.3, 0.4) is 0 Å². The normalized spacial score (nSPS) is 12.4. The summed E-state index contributed by atoms with van der Waals surface area (Å²) in [5.41, 5.74) is 1.73. The first-order chi connectivity index (χ1) is 12.5. The Bertz CT molecular complexity index is 1090. The second kappa shape index (κ2) is 6.34. The van der Waals surface area contributed by atoms with E-state index in [1.54, 1.807) is 12.3 Å². The Hall–Kier alpha value is -3.06.